The van der Waals surface area contributed by atoms with Crippen molar-refractivity contribution in [3.8, 4) is 11.4 Å². The van der Waals surface area contributed by atoms with Crippen molar-refractivity contribution in [2.45, 2.75) is 26.8 Å². The number of nitrogens with zero attached hydrogens (tertiary/aromatic N) is 3. The molecule has 0 unspecified atom stereocenters. The lowest BCUT2D eigenvalue weighted by Crippen LogP contribution is -2.26. The van der Waals surface area contributed by atoms with Gasteiger partial charge in [-0.25, -0.2) is 5.43 Å². The summed E-state index contributed by atoms with van der Waals surface area (Å²) in [6, 6.07) is 10.8. The van der Waals surface area contributed by atoms with Gasteiger partial charge in [-0.05, 0) is 26.0 Å². The quantitative estimate of drug-likeness (QED) is 0.479. The van der Waals surface area contributed by atoms with E-state index in [9.17, 15) is 9.59 Å². The molecule has 1 aromatic carbocycles. The number of furan rings is 1. The smallest absolute Gasteiger partial charge is 0.307 e. The van der Waals surface area contributed by atoms with Crippen LogP contribution in [0.2, 0.25) is 0 Å². The molecule has 0 aliphatic rings. The summed E-state index contributed by atoms with van der Waals surface area (Å²) in [5, 5.41) is 10.5. The topological polar surface area (TPSA) is 123 Å². The summed E-state index contributed by atoms with van der Waals surface area (Å²) in [7, 11) is 0. The molecule has 2 N–H and O–H groups in total. The molecule has 2 heterocycles. The Hall–Kier alpha value is -3.75. The number of hydrogen-bond acceptors (Lipinski definition) is 7. The zero-order chi connectivity index (χ0) is 19.9. The van der Waals surface area contributed by atoms with Crippen LogP contribution in [-0.2, 0) is 11.3 Å². The maximum absolute atomic E-state index is 12.0. The fourth-order valence-corrected chi connectivity index (χ4v) is 2.26. The van der Waals surface area contributed by atoms with Crippen LogP contribution >= 0.6 is 0 Å². The molecule has 3 rings (SSSR count). The summed E-state index contributed by atoms with van der Waals surface area (Å²) in [5.74, 6) is 0.122. The van der Waals surface area contributed by atoms with Gasteiger partial charge in [0.15, 0.2) is 5.76 Å². The van der Waals surface area contributed by atoms with E-state index in [1.165, 1.54) is 12.3 Å². The zero-order valence-corrected chi connectivity index (χ0v) is 15.4. The van der Waals surface area contributed by atoms with E-state index < -0.39 is 5.91 Å². The molecule has 0 atom stereocenters. The highest BCUT2D eigenvalue weighted by Crippen LogP contribution is 2.16. The predicted octanol–water partition coefficient (Wildman–Crippen LogP) is 2.45. The van der Waals surface area contributed by atoms with E-state index in [2.05, 4.69) is 26.0 Å². The van der Waals surface area contributed by atoms with Crippen molar-refractivity contribution >= 4 is 17.5 Å². The van der Waals surface area contributed by atoms with Gasteiger partial charge in [-0.1, -0.05) is 35.0 Å². The van der Waals surface area contributed by atoms with Crippen LogP contribution in [-0.4, -0.2) is 27.7 Å². The highest BCUT2D eigenvalue weighted by molar-refractivity contribution is 6.00. The number of amides is 2. The summed E-state index contributed by atoms with van der Waals surface area (Å²) in [6.07, 6.45) is 1.40. The van der Waals surface area contributed by atoms with E-state index in [-0.39, 0.29) is 24.6 Å². The van der Waals surface area contributed by atoms with Crippen molar-refractivity contribution < 1.29 is 18.5 Å². The summed E-state index contributed by atoms with van der Waals surface area (Å²) < 4.78 is 10.1. The Balaban J connectivity index is 1.47. The third-order valence-corrected chi connectivity index (χ3v) is 3.72. The first-order valence-electron chi connectivity index (χ1n) is 8.54. The van der Waals surface area contributed by atoms with Gasteiger partial charge in [-0.2, -0.15) is 10.1 Å². The van der Waals surface area contributed by atoms with Crippen LogP contribution in [0, 0.1) is 6.92 Å². The van der Waals surface area contributed by atoms with Crippen molar-refractivity contribution in [2.75, 3.05) is 0 Å². The number of carbonyl (C=O) groups is 2. The summed E-state index contributed by atoms with van der Waals surface area (Å²) in [6.45, 7) is 3.72. The molecule has 0 saturated carbocycles. The number of rotatable bonds is 7. The number of hydrogen-bond donors (Lipinski definition) is 2. The normalized spacial score (nSPS) is 11.3. The molecular weight excluding hydrogens is 362 g/mol. The lowest BCUT2D eigenvalue weighted by atomic mass is 10.1. The Morgan fingerprint density at radius 3 is 2.68 bits per heavy atom. The molecular formula is C19H19N5O4. The van der Waals surface area contributed by atoms with E-state index in [1.54, 1.807) is 13.0 Å². The number of nitrogens with one attached hydrogen (secondary N) is 2. The van der Waals surface area contributed by atoms with Crippen molar-refractivity contribution in [1.82, 2.24) is 20.9 Å². The molecule has 2 aromatic heterocycles. The highest BCUT2D eigenvalue weighted by atomic mass is 16.5. The fourth-order valence-electron chi connectivity index (χ4n) is 2.26. The van der Waals surface area contributed by atoms with Gasteiger partial charge in [-0.15, -0.1) is 0 Å². The van der Waals surface area contributed by atoms with Gasteiger partial charge in [-0.3, -0.25) is 9.59 Å². The molecule has 0 aliphatic heterocycles. The Kier molecular flexibility index (Phi) is 5.95. The van der Waals surface area contributed by atoms with Gasteiger partial charge in [0.05, 0.1) is 19.2 Å². The van der Waals surface area contributed by atoms with Crippen LogP contribution in [0.5, 0.6) is 0 Å². The SMILES string of the molecule is CC(CC(=O)NCc1nc(-c2ccc(C)cc2)no1)=NNC(=O)c1ccco1. The van der Waals surface area contributed by atoms with Gasteiger partial charge in [0.1, 0.15) is 0 Å². The third-order valence-electron chi connectivity index (χ3n) is 3.72. The largest absolute Gasteiger partial charge is 0.459 e. The molecule has 9 heteroatoms. The summed E-state index contributed by atoms with van der Waals surface area (Å²) in [5.41, 5.74) is 4.73. The molecule has 144 valence electrons. The first-order chi connectivity index (χ1) is 13.5. The molecule has 0 bridgehead atoms. The van der Waals surface area contributed by atoms with Crippen LogP contribution in [0.4, 0.5) is 0 Å². The average molecular weight is 381 g/mol. The lowest BCUT2D eigenvalue weighted by molar-refractivity contribution is -0.120. The van der Waals surface area contributed by atoms with E-state index >= 15 is 0 Å². The molecule has 3 aromatic rings. The number of hydrazone groups is 1. The maximum Gasteiger partial charge on any atom is 0.307 e. The molecule has 0 radical (unpaired) electrons. The minimum atomic E-state index is -0.487. The molecule has 0 aliphatic carbocycles. The number of benzene rings is 1. The van der Waals surface area contributed by atoms with Gasteiger partial charge in [0.2, 0.25) is 17.6 Å². The second-order valence-corrected chi connectivity index (χ2v) is 6.10. The van der Waals surface area contributed by atoms with Crippen molar-refractivity contribution in [3.05, 3.63) is 59.9 Å². The Bertz CT molecular complexity index is 974. The Morgan fingerprint density at radius 2 is 1.96 bits per heavy atom. The summed E-state index contributed by atoms with van der Waals surface area (Å²) in [4.78, 5) is 28.0. The molecule has 0 fully saturated rings. The predicted molar refractivity (Wildman–Crippen MR) is 100 cm³/mol. The van der Waals surface area contributed by atoms with Gasteiger partial charge in [0, 0.05) is 11.3 Å². The van der Waals surface area contributed by atoms with Crippen molar-refractivity contribution in [3.63, 3.8) is 0 Å². The van der Waals surface area contributed by atoms with Crippen LogP contribution in [0.15, 0.2) is 56.7 Å². The van der Waals surface area contributed by atoms with Crippen LogP contribution in [0.3, 0.4) is 0 Å². The number of aryl methyl sites for hydroxylation is 1. The highest BCUT2D eigenvalue weighted by Gasteiger charge is 2.11. The molecule has 0 saturated heterocycles. The van der Waals surface area contributed by atoms with Gasteiger partial charge in [0.25, 0.3) is 0 Å². The average Bonchev–Trinajstić information content (AvgIpc) is 3.37. The van der Waals surface area contributed by atoms with Crippen LogP contribution in [0.25, 0.3) is 11.4 Å². The second kappa shape index (κ2) is 8.76. The minimum Gasteiger partial charge on any atom is -0.459 e. The first kappa shape index (κ1) is 19.0. The zero-order valence-electron chi connectivity index (χ0n) is 15.4. The Morgan fingerprint density at radius 1 is 1.18 bits per heavy atom. The maximum atomic E-state index is 12.0. The molecule has 2 amide bonds. The molecule has 9 nitrogen and oxygen atoms in total. The lowest BCUT2D eigenvalue weighted by Gasteiger charge is -2.02. The van der Waals surface area contributed by atoms with Crippen molar-refractivity contribution in [2.24, 2.45) is 5.10 Å². The van der Waals surface area contributed by atoms with E-state index in [0.717, 1.165) is 11.1 Å². The second-order valence-electron chi connectivity index (χ2n) is 6.10. The monoisotopic (exact) mass is 381 g/mol. The van der Waals surface area contributed by atoms with E-state index in [0.29, 0.717) is 17.4 Å². The van der Waals surface area contributed by atoms with E-state index in [1.807, 2.05) is 31.2 Å². The summed E-state index contributed by atoms with van der Waals surface area (Å²) >= 11 is 0. The van der Waals surface area contributed by atoms with Crippen LogP contribution < -0.4 is 10.7 Å². The van der Waals surface area contributed by atoms with E-state index in [4.69, 9.17) is 8.94 Å². The number of carbonyl (C=O) groups excluding carboxylic acids is 2. The van der Waals surface area contributed by atoms with Crippen molar-refractivity contribution in [1.29, 1.82) is 0 Å². The first-order valence-corrected chi connectivity index (χ1v) is 8.54. The minimum absolute atomic E-state index is 0.0113. The molecule has 0 spiro atoms. The third kappa shape index (κ3) is 5.13. The molecule has 28 heavy (non-hydrogen) atoms. The number of aromatic nitrogens is 2. The fraction of sp³-hybridized carbons (Fsp3) is 0.211. The van der Waals surface area contributed by atoms with Crippen LogP contribution in [0.1, 0.15) is 35.4 Å². The standard InChI is InChI=1S/C19H19N5O4/c1-12-5-7-14(8-6-12)18-21-17(28-24-18)11-20-16(25)10-13(2)22-23-19(26)15-4-3-9-27-15/h3-9H,10-11H2,1-2H3,(H,20,25)(H,23,26). The van der Waals surface area contributed by atoms with Gasteiger partial charge >= 0.3 is 5.91 Å². The Labute approximate surface area is 160 Å². The van der Waals surface area contributed by atoms with Gasteiger partial charge < -0.3 is 14.3 Å².